The molecule has 0 saturated heterocycles. The predicted molar refractivity (Wildman–Crippen MR) is 127 cm³/mol. The second-order valence-electron chi connectivity index (χ2n) is 8.01. The number of hydrogen-bond donors (Lipinski definition) is 0. The van der Waals surface area contributed by atoms with Gasteiger partial charge in [0.1, 0.15) is 18.2 Å². The van der Waals surface area contributed by atoms with E-state index < -0.39 is 17.8 Å². The number of nitrogens with zero attached hydrogens (tertiary/aromatic N) is 1. The van der Waals surface area contributed by atoms with Gasteiger partial charge in [-0.2, -0.15) is 0 Å². The number of carbonyl (C=O) groups is 2. The van der Waals surface area contributed by atoms with Gasteiger partial charge in [-0.15, -0.1) is 0 Å². The van der Waals surface area contributed by atoms with Gasteiger partial charge in [0.25, 0.3) is 5.91 Å². The van der Waals surface area contributed by atoms with Gasteiger partial charge in [-0.05, 0) is 72.1 Å². The van der Waals surface area contributed by atoms with Crippen molar-refractivity contribution in [1.82, 2.24) is 4.90 Å². The fourth-order valence-corrected chi connectivity index (χ4v) is 4.22. The van der Waals surface area contributed by atoms with E-state index in [1.54, 1.807) is 49.5 Å². The molecule has 0 N–H and O–H groups in total. The Labute approximate surface area is 203 Å². The smallest absolute Gasteiger partial charge is 0.337 e. The number of ether oxygens (including phenoxy) is 4. The Morgan fingerprint density at radius 1 is 0.943 bits per heavy atom. The monoisotopic (exact) mass is 479 g/mol. The van der Waals surface area contributed by atoms with Gasteiger partial charge in [-0.3, -0.25) is 4.79 Å². The summed E-state index contributed by atoms with van der Waals surface area (Å²) in [6.07, 6.45) is 0.598. The van der Waals surface area contributed by atoms with Crippen LogP contribution < -0.4 is 14.2 Å². The molecule has 0 aromatic heterocycles. The number of methoxy groups -OCH3 is 3. The molecule has 0 radical (unpaired) electrons. The maximum atomic E-state index is 13.8. The van der Waals surface area contributed by atoms with Crippen molar-refractivity contribution in [3.05, 3.63) is 88.7 Å². The van der Waals surface area contributed by atoms with Crippen molar-refractivity contribution in [3.8, 4) is 17.2 Å². The van der Waals surface area contributed by atoms with Crippen LogP contribution in [0, 0.1) is 5.82 Å². The van der Waals surface area contributed by atoms with Crippen LogP contribution in [0.25, 0.3) is 0 Å². The molecule has 1 heterocycles. The lowest BCUT2D eigenvalue weighted by atomic mass is 9.91. The molecule has 0 unspecified atom stereocenters. The predicted octanol–water partition coefficient (Wildman–Crippen LogP) is 4.45. The number of fused-ring (bicyclic) bond motifs is 1. The minimum atomic E-state index is -0.474. The first-order chi connectivity index (χ1) is 16.9. The normalized spacial score (nSPS) is 14.6. The Hall–Kier alpha value is -4.07. The maximum Gasteiger partial charge on any atom is 0.337 e. The zero-order valence-electron chi connectivity index (χ0n) is 19.7. The minimum absolute atomic E-state index is 0.140. The Kier molecular flexibility index (Phi) is 7.19. The molecule has 3 aromatic rings. The van der Waals surface area contributed by atoms with E-state index in [2.05, 4.69) is 0 Å². The number of amides is 1. The van der Waals surface area contributed by atoms with Crippen molar-refractivity contribution in [2.75, 3.05) is 34.5 Å². The lowest BCUT2D eigenvalue weighted by Crippen LogP contribution is -2.42. The van der Waals surface area contributed by atoms with Crippen molar-refractivity contribution in [2.24, 2.45) is 0 Å². The molecule has 4 rings (SSSR count). The first kappa shape index (κ1) is 24.1. The molecule has 35 heavy (non-hydrogen) atoms. The lowest BCUT2D eigenvalue weighted by Gasteiger charge is -2.37. The molecular weight excluding hydrogens is 453 g/mol. The molecule has 0 saturated carbocycles. The van der Waals surface area contributed by atoms with Gasteiger partial charge >= 0.3 is 5.97 Å². The summed E-state index contributed by atoms with van der Waals surface area (Å²) in [7, 11) is 4.45. The zero-order valence-corrected chi connectivity index (χ0v) is 19.7. The van der Waals surface area contributed by atoms with E-state index in [1.165, 1.54) is 25.3 Å². The fourth-order valence-electron chi connectivity index (χ4n) is 4.22. The third-order valence-corrected chi connectivity index (χ3v) is 6.02. The largest absolute Gasteiger partial charge is 0.493 e. The first-order valence-corrected chi connectivity index (χ1v) is 11.1. The zero-order chi connectivity index (χ0) is 24.9. The molecule has 0 aliphatic carbocycles. The number of esters is 1. The third kappa shape index (κ3) is 5.06. The molecule has 1 aliphatic heterocycles. The highest BCUT2D eigenvalue weighted by Crippen LogP contribution is 2.39. The summed E-state index contributed by atoms with van der Waals surface area (Å²) in [4.78, 5) is 26.8. The number of carbonyl (C=O) groups excluding carboxylic acids is 2. The van der Waals surface area contributed by atoms with Crippen molar-refractivity contribution in [3.63, 3.8) is 0 Å². The van der Waals surface area contributed by atoms with Gasteiger partial charge in [-0.1, -0.05) is 6.07 Å². The van der Waals surface area contributed by atoms with Crippen LogP contribution >= 0.6 is 0 Å². The number of hydrogen-bond acceptors (Lipinski definition) is 6. The molecule has 1 aliphatic rings. The Balaban J connectivity index is 1.66. The van der Waals surface area contributed by atoms with Crippen LogP contribution in [0.2, 0.25) is 0 Å². The average molecular weight is 480 g/mol. The molecule has 0 spiro atoms. The van der Waals surface area contributed by atoms with Gasteiger partial charge in [0, 0.05) is 12.1 Å². The van der Waals surface area contributed by atoms with Gasteiger partial charge < -0.3 is 23.8 Å². The highest BCUT2D eigenvalue weighted by molar-refractivity contribution is 5.94. The Morgan fingerprint density at radius 2 is 1.66 bits per heavy atom. The van der Waals surface area contributed by atoms with Gasteiger partial charge in [0.2, 0.25) is 0 Å². The first-order valence-electron chi connectivity index (χ1n) is 11.1. The number of rotatable bonds is 7. The van der Waals surface area contributed by atoms with E-state index in [1.807, 2.05) is 12.1 Å². The van der Waals surface area contributed by atoms with E-state index in [4.69, 9.17) is 18.9 Å². The average Bonchev–Trinajstić information content (AvgIpc) is 2.90. The van der Waals surface area contributed by atoms with E-state index >= 15 is 0 Å². The number of halogens is 1. The van der Waals surface area contributed by atoms with Gasteiger partial charge in [-0.25, -0.2) is 9.18 Å². The van der Waals surface area contributed by atoms with Crippen molar-refractivity contribution in [2.45, 2.75) is 12.5 Å². The van der Waals surface area contributed by atoms with Crippen LogP contribution in [-0.2, 0) is 11.2 Å². The summed E-state index contributed by atoms with van der Waals surface area (Å²) < 4.78 is 35.6. The third-order valence-electron chi connectivity index (χ3n) is 6.02. The second kappa shape index (κ2) is 10.5. The fraction of sp³-hybridized carbons (Fsp3) is 0.259. The number of benzene rings is 3. The summed E-state index contributed by atoms with van der Waals surface area (Å²) in [6.45, 7) is 0.564. The van der Waals surface area contributed by atoms with Crippen LogP contribution in [0.5, 0.6) is 17.2 Å². The Bertz CT molecular complexity index is 1230. The quantitative estimate of drug-likeness (QED) is 0.466. The molecule has 8 heteroatoms. The Morgan fingerprint density at radius 3 is 2.31 bits per heavy atom. The SMILES string of the molecule is COC(=O)c1ccc(OC[C@@H]2c3cc(OC)c(OC)cc3CCN2C(=O)c2cccc(F)c2)cc1. The highest BCUT2D eigenvalue weighted by Gasteiger charge is 2.33. The summed E-state index contributed by atoms with van der Waals surface area (Å²) in [5, 5.41) is 0. The van der Waals surface area contributed by atoms with Gasteiger partial charge in [0.05, 0.1) is 32.9 Å². The van der Waals surface area contributed by atoms with Crippen molar-refractivity contribution in [1.29, 1.82) is 0 Å². The van der Waals surface area contributed by atoms with Crippen molar-refractivity contribution >= 4 is 11.9 Å². The van der Waals surface area contributed by atoms with Crippen LogP contribution in [0.4, 0.5) is 4.39 Å². The molecule has 7 nitrogen and oxygen atoms in total. The second-order valence-corrected chi connectivity index (χ2v) is 8.01. The van der Waals surface area contributed by atoms with E-state index in [0.29, 0.717) is 35.8 Å². The molecular formula is C27H26FNO6. The van der Waals surface area contributed by atoms with Crippen LogP contribution in [0.3, 0.4) is 0 Å². The van der Waals surface area contributed by atoms with Gasteiger partial charge in [0.15, 0.2) is 11.5 Å². The standard InChI is InChI=1S/C27H26FNO6/c1-32-24-14-18-11-12-29(26(30)19-5-4-6-20(28)13-19)23(22(18)15-25(24)33-2)16-35-21-9-7-17(8-10-21)27(31)34-3/h4-10,13-15,23H,11-12,16H2,1-3H3/t23-/m1/s1. The van der Waals surface area contributed by atoms with Crippen LogP contribution in [-0.4, -0.2) is 51.3 Å². The summed E-state index contributed by atoms with van der Waals surface area (Å²) in [6, 6.07) is 15.5. The summed E-state index contributed by atoms with van der Waals surface area (Å²) in [5.74, 6) is 0.472. The topological polar surface area (TPSA) is 74.3 Å². The molecule has 182 valence electrons. The molecule has 1 amide bonds. The highest BCUT2D eigenvalue weighted by atomic mass is 19.1. The molecule has 1 atom stereocenters. The van der Waals surface area contributed by atoms with Crippen molar-refractivity contribution < 1.29 is 32.9 Å². The van der Waals surface area contributed by atoms with E-state index in [0.717, 1.165) is 11.1 Å². The lowest BCUT2D eigenvalue weighted by molar-refractivity contribution is 0.0582. The molecule has 0 bridgehead atoms. The van der Waals surface area contributed by atoms with E-state index in [-0.39, 0.29) is 18.1 Å². The minimum Gasteiger partial charge on any atom is -0.493 e. The summed E-state index contributed by atoms with van der Waals surface area (Å²) in [5.41, 5.74) is 2.55. The van der Waals surface area contributed by atoms with E-state index in [9.17, 15) is 14.0 Å². The molecule has 0 fully saturated rings. The maximum absolute atomic E-state index is 13.8. The van der Waals surface area contributed by atoms with Crippen LogP contribution in [0.1, 0.15) is 37.9 Å². The summed E-state index contributed by atoms with van der Waals surface area (Å²) >= 11 is 0. The van der Waals surface area contributed by atoms with Crippen LogP contribution in [0.15, 0.2) is 60.7 Å². The molecule has 3 aromatic carbocycles.